The molecule has 0 spiro atoms. The highest BCUT2D eigenvalue weighted by molar-refractivity contribution is 4.84. The van der Waals surface area contributed by atoms with Gasteiger partial charge in [0, 0.05) is 19.4 Å². The lowest BCUT2D eigenvalue weighted by molar-refractivity contribution is 0.0258. The van der Waals surface area contributed by atoms with Crippen LogP contribution < -0.4 is 0 Å². The molecule has 0 radical (unpaired) electrons. The van der Waals surface area contributed by atoms with E-state index >= 15 is 0 Å². The lowest BCUT2D eigenvalue weighted by atomic mass is 9.93. The Kier molecular flexibility index (Phi) is 4.85. The van der Waals surface area contributed by atoms with Crippen molar-refractivity contribution in [2.75, 3.05) is 6.61 Å². The zero-order valence-corrected chi connectivity index (χ0v) is 8.46. The van der Waals surface area contributed by atoms with Crippen molar-refractivity contribution in [1.29, 1.82) is 0 Å². The molecule has 13 heavy (non-hydrogen) atoms. The molecule has 1 rings (SSSR count). The first-order valence-corrected chi connectivity index (χ1v) is 5.35. The van der Waals surface area contributed by atoms with Gasteiger partial charge in [-0.3, -0.25) is 0 Å². The van der Waals surface area contributed by atoms with E-state index in [9.17, 15) is 0 Å². The summed E-state index contributed by atoms with van der Waals surface area (Å²) in [6.45, 7) is 10.0. The summed E-state index contributed by atoms with van der Waals surface area (Å²) in [6, 6.07) is 0.283. The van der Waals surface area contributed by atoms with Gasteiger partial charge in [-0.05, 0) is 19.3 Å². The topological polar surface area (TPSA) is 13.6 Å². The van der Waals surface area contributed by atoms with E-state index < -0.39 is 0 Å². The van der Waals surface area contributed by atoms with Crippen LogP contribution in [0.25, 0.3) is 4.85 Å². The highest BCUT2D eigenvalue weighted by Gasteiger charge is 2.24. The van der Waals surface area contributed by atoms with E-state index in [0.29, 0.717) is 6.10 Å². The molecule has 0 aromatic carbocycles. The van der Waals surface area contributed by atoms with E-state index in [0.717, 1.165) is 32.3 Å². The number of hydrogen-bond donors (Lipinski definition) is 0. The number of unbranched alkanes of at least 4 members (excludes halogenated alkanes) is 1. The second kappa shape index (κ2) is 5.99. The lowest BCUT2D eigenvalue weighted by Gasteiger charge is -2.22. The molecule has 0 saturated heterocycles. The first-order chi connectivity index (χ1) is 6.36. The van der Waals surface area contributed by atoms with Crippen LogP contribution in [0.1, 0.15) is 45.4 Å². The lowest BCUT2D eigenvalue weighted by Crippen LogP contribution is -2.23. The van der Waals surface area contributed by atoms with Gasteiger partial charge >= 0.3 is 0 Å². The van der Waals surface area contributed by atoms with Gasteiger partial charge in [-0.25, -0.2) is 6.57 Å². The van der Waals surface area contributed by atoms with Crippen LogP contribution in [-0.4, -0.2) is 18.8 Å². The van der Waals surface area contributed by atoms with Crippen molar-refractivity contribution in [2.24, 2.45) is 0 Å². The second-order valence-corrected chi connectivity index (χ2v) is 3.78. The standard InChI is InChI=1S/C11H19NO/c1-3-4-9-13-11-7-5-10(12-2)6-8-11/h10-11H,3-9H2,1H3. The van der Waals surface area contributed by atoms with E-state index in [1.165, 1.54) is 12.8 Å². The van der Waals surface area contributed by atoms with Gasteiger partial charge in [-0.15, -0.1) is 0 Å². The summed E-state index contributed by atoms with van der Waals surface area (Å²) in [4.78, 5) is 3.57. The highest BCUT2D eigenvalue weighted by Crippen LogP contribution is 2.23. The molecule has 1 saturated carbocycles. The molecule has 0 atom stereocenters. The maximum absolute atomic E-state index is 6.92. The number of ether oxygens (including phenoxy) is 1. The minimum atomic E-state index is 0.283. The quantitative estimate of drug-likeness (QED) is 0.480. The van der Waals surface area contributed by atoms with Gasteiger partial charge in [-0.2, -0.15) is 0 Å². The fourth-order valence-electron chi connectivity index (χ4n) is 1.74. The molecule has 1 fully saturated rings. The van der Waals surface area contributed by atoms with Crippen LogP contribution in [0.2, 0.25) is 0 Å². The van der Waals surface area contributed by atoms with Crippen molar-refractivity contribution in [3.05, 3.63) is 11.4 Å². The van der Waals surface area contributed by atoms with Crippen LogP contribution in [0.3, 0.4) is 0 Å². The third-order valence-electron chi connectivity index (χ3n) is 2.68. The average Bonchev–Trinajstić information content (AvgIpc) is 2.19. The molecule has 2 nitrogen and oxygen atoms in total. The van der Waals surface area contributed by atoms with E-state index in [-0.39, 0.29) is 6.04 Å². The molecule has 0 amide bonds. The average molecular weight is 181 g/mol. The SMILES string of the molecule is [C-]#[N+]C1CCC(OCCCC)CC1. The van der Waals surface area contributed by atoms with Crippen molar-refractivity contribution in [3.8, 4) is 0 Å². The van der Waals surface area contributed by atoms with Crippen LogP contribution >= 0.6 is 0 Å². The molecule has 0 aliphatic heterocycles. The Hall–Kier alpha value is -0.550. The molecule has 2 heteroatoms. The molecule has 0 aromatic rings. The molecule has 1 aliphatic carbocycles. The predicted molar refractivity (Wildman–Crippen MR) is 53.5 cm³/mol. The Bertz CT molecular complexity index is 165. The summed E-state index contributed by atoms with van der Waals surface area (Å²) in [6.07, 6.45) is 7.10. The Balaban J connectivity index is 2.08. The number of hydrogen-bond acceptors (Lipinski definition) is 1. The van der Waals surface area contributed by atoms with Gasteiger partial charge in [0.2, 0.25) is 6.04 Å². The maximum atomic E-state index is 6.92. The minimum Gasteiger partial charge on any atom is -0.378 e. The van der Waals surface area contributed by atoms with Crippen molar-refractivity contribution in [2.45, 2.75) is 57.6 Å². The van der Waals surface area contributed by atoms with E-state index in [1.807, 2.05) is 0 Å². The minimum absolute atomic E-state index is 0.283. The van der Waals surface area contributed by atoms with Gasteiger partial charge in [-0.1, -0.05) is 13.3 Å². The monoisotopic (exact) mass is 181 g/mol. The molecular weight excluding hydrogens is 162 g/mol. The maximum Gasteiger partial charge on any atom is 0.223 e. The zero-order valence-electron chi connectivity index (χ0n) is 8.46. The smallest absolute Gasteiger partial charge is 0.223 e. The fourth-order valence-corrected chi connectivity index (χ4v) is 1.74. The summed E-state index contributed by atoms with van der Waals surface area (Å²) in [7, 11) is 0. The molecule has 74 valence electrons. The van der Waals surface area contributed by atoms with Crippen molar-refractivity contribution in [1.82, 2.24) is 0 Å². The molecule has 0 bridgehead atoms. The summed E-state index contributed by atoms with van der Waals surface area (Å²) < 4.78 is 5.71. The van der Waals surface area contributed by atoms with E-state index in [4.69, 9.17) is 11.3 Å². The Morgan fingerprint density at radius 1 is 1.31 bits per heavy atom. The van der Waals surface area contributed by atoms with Gasteiger partial charge in [0.1, 0.15) is 0 Å². The van der Waals surface area contributed by atoms with Crippen molar-refractivity contribution < 1.29 is 4.74 Å². The number of nitrogens with zero attached hydrogens (tertiary/aromatic N) is 1. The van der Waals surface area contributed by atoms with E-state index in [2.05, 4.69) is 11.8 Å². The van der Waals surface area contributed by atoms with Crippen molar-refractivity contribution in [3.63, 3.8) is 0 Å². The van der Waals surface area contributed by atoms with Crippen LogP contribution in [-0.2, 0) is 4.74 Å². The first kappa shape index (κ1) is 10.5. The Labute approximate surface area is 81.1 Å². The molecule has 0 N–H and O–H groups in total. The van der Waals surface area contributed by atoms with Crippen LogP contribution in [0.4, 0.5) is 0 Å². The summed E-state index contributed by atoms with van der Waals surface area (Å²) >= 11 is 0. The van der Waals surface area contributed by atoms with E-state index in [1.54, 1.807) is 0 Å². The summed E-state index contributed by atoms with van der Waals surface area (Å²) in [5, 5.41) is 0. The molecule has 1 aliphatic rings. The largest absolute Gasteiger partial charge is 0.378 e. The molecule has 0 aromatic heterocycles. The highest BCUT2D eigenvalue weighted by atomic mass is 16.5. The summed E-state index contributed by atoms with van der Waals surface area (Å²) in [5.41, 5.74) is 0. The Morgan fingerprint density at radius 2 is 2.00 bits per heavy atom. The second-order valence-electron chi connectivity index (χ2n) is 3.78. The van der Waals surface area contributed by atoms with Crippen LogP contribution in [0.5, 0.6) is 0 Å². The fraction of sp³-hybridized carbons (Fsp3) is 0.909. The van der Waals surface area contributed by atoms with Crippen LogP contribution in [0, 0.1) is 6.57 Å². The first-order valence-electron chi connectivity index (χ1n) is 5.35. The third kappa shape index (κ3) is 3.78. The molecule has 0 unspecified atom stereocenters. The molecular formula is C11H19NO. The molecule has 0 heterocycles. The van der Waals surface area contributed by atoms with Gasteiger partial charge in [0.25, 0.3) is 0 Å². The Morgan fingerprint density at radius 3 is 2.54 bits per heavy atom. The zero-order chi connectivity index (χ0) is 9.52. The van der Waals surface area contributed by atoms with Gasteiger partial charge < -0.3 is 9.58 Å². The summed E-state index contributed by atoms with van der Waals surface area (Å²) in [5.74, 6) is 0. The van der Waals surface area contributed by atoms with Gasteiger partial charge in [0.05, 0.1) is 6.10 Å². The van der Waals surface area contributed by atoms with Gasteiger partial charge in [0.15, 0.2) is 0 Å². The van der Waals surface area contributed by atoms with Crippen LogP contribution in [0.15, 0.2) is 0 Å². The normalized spacial score (nSPS) is 28.3. The predicted octanol–water partition coefficient (Wildman–Crippen LogP) is 3.03. The van der Waals surface area contributed by atoms with Crippen molar-refractivity contribution >= 4 is 0 Å². The number of rotatable bonds is 4. The third-order valence-corrected chi connectivity index (χ3v) is 2.68.